The fourth-order valence-corrected chi connectivity index (χ4v) is 4.74. The molecule has 2 aromatic heterocycles. The lowest BCUT2D eigenvalue weighted by atomic mass is 9.91. The van der Waals surface area contributed by atoms with Gasteiger partial charge in [-0.15, -0.1) is 0 Å². The van der Waals surface area contributed by atoms with Crippen LogP contribution in [0.5, 0.6) is 5.88 Å². The van der Waals surface area contributed by atoms with Crippen molar-refractivity contribution in [2.24, 2.45) is 0 Å². The van der Waals surface area contributed by atoms with E-state index >= 15 is 0 Å². The summed E-state index contributed by atoms with van der Waals surface area (Å²) in [5.74, 6) is 0.519. The Morgan fingerprint density at radius 3 is 2.72 bits per heavy atom. The third kappa shape index (κ3) is 3.68. The van der Waals surface area contributed by atoms with Gasteiger partial charge in [-0.1, -0.05) is 0 Å². The number of aryl methyl sites for hydroxylation is 3. The van der Waals surface area contributed by atoms with Gasteiger partial charge >= 0.3 is 0 Å². The lowest BCUT2D eigenvalue weighted by molar-refractivity contribution is 0.0915. The molecular weight excluding hydrogens is 370 g/mol. The van der Waals surface area contributed by atoms with Crippen LogP contribution >= 0.6 is 0 Å². The summed E-state index contributed by atoms with van der Waals surface area (Å²) >= 11 is 0. The van der Waals surface area contributed by atoms with Gasteiger partial charge in [0.05, 0.1) is 18.3 Å². The first-order chi connectivity index (χ1) is 14.2. The minimum atomic E-state index is -0.150. The molecule has 8 heteroatoms. The Morgan fingerprint density at radius 1 is 1.07 bits per heavy atom. The highest BCUT2D eigenvalue weighted by Crippen LogP contribution is 2.28. The Morgan fingerprint density at radius 2 is 1.90 bits per heavy atom. The van der Waals surface area contributed by atoms with E-state index < -0.39 is 0 Å². The van der Waals surface area contributed by atoms with E-state index in [0.717, 1.165) is 75.6 Å². The highest BCUT2D eigenvalue weighted by Gasteiger charge is 2.27. The summed E-state index contributed by atoms with van der Waals surface area (Å²) in [6.45, 7) is 1.46. The second kappa shape index (κ2) is 7.65. The van der Waals surface area contributed by atoms with Crippen molar-refractivity contribution >= 4 is 5.91 Å². The van der Waals surface area contributed by atoms with E-state index in [1.54, 1.807) is 21.5 Å². The smallest absolute Gasteiger partial charge is 0.272 e. The van der Waals surface area contributed by atoms with Crippen molar-refractivity contribution in [2.45, 2.75) is 76.4 Å². The van der Waals surface area contributed by atoms with E-state index in [0.29, 0.717) is 18.2 Å². The number of aromatic nitrogens is 4. The molecule has 8 nitrogen and oxygen atoms in total. The normalized spacial score (nSPS) is 23.6. The molecule has 0 atom stereocenters. The van der Waals surface area contributed by atoms with Gasteiger partial charge < -0.3 is 10.1 Å². The van der Waals surface area contributed by atoms with Crippen molar-refractivity contribution < 1.29 is 9.53 Å². The highest BCUT2D eigenvalue weighted by molar-refractivity contribution is 5.92. The monoisotopic (exact) mass is 397 g/mol. The minimum absolute atomic E-state index is 0.0155. The molecule has 1 saturated carbocycles. The largest absolute Gasteiger partial charge is 0.478 e. The summed E-state index contributed by atoms with van der Waals surface area (Å²) in [4.78, 5) is 25.1. The molecule has 0 spiro atoms. The van der Waals surface area contributed by atoms with Crippen molar-refractivity contribution in [3.63, 3.8) is 0 Å². The number of carbonyl (C=O) groups is 1. The number of nitrogens with zero attached hydrogens (tertiary/aromatic N) is 4. The van der Waals surface area contributed by atoms with Gasteiger partial charge in [0, 0.05) is 31.1 Å². The number of amides is 1. The van der Waals surface area contributed by atoms with Gasteiger partial charge in [-0.2, -0.15) is 10.2 Å². The molecule has 3 aliphatic rings. The van der Waals surface area contributed by atoms with Crippen molar-refractivity contribution in [3.05, 3.63) is 39.4 Å². The first-order valence-electron chi connectivity index (χ1n) is 10.8. The van der Waals surface area contributed by atoms with Gasteiger partial charge in [-0.25, -0.2) is 9.36 Å². The van der Waals surface area contributed by atoms with E-state index in [4.69, 9.17) is 9.84 Å². The summed E-state index contributed by atoms with van der Waals surface area (Å²) in [7, 11) is 0. The van der Waals surface area contributed by atoms with Crippen LogP contribution < -0.4 is 15.6 Å². The molecule has 2 aliphatic carbocycles. The maximum absolute atomic E-state index is 12.6. The SMILES string of the molecule is O=C(NC1CCC(n2nc3c(cc2=O)CCCC3)CC1)c1cc2n(n1)CCCO2. The third-order valence-electron chi connectivity index (χ3n) is 6.35. The zero-order chi connectivity index (χ0) is 19.8. The second-order valence-electron chi connectivity index (χ2n) is 8.38. The molecule has 5 rings (SSSR count). The van der Waals surface area contributed by atoms with Crippen molar-refractivity contribution in [1.82, 2.24) is 24.9 Å². The quantitative estimate of drug-likeness (QED) is 0.856. The number of hydrogen-bond acceptors (Lipinski definition) is 5. The van der Waals surface area contributed by atoms with Gasteiger partial charge in [0.2, 0.25) is 5.88 Å². The van der Waals surface area contributed by atoms with Gasteiger partial charge in [-0.3, -0.25) is 9.59 Å². The fourth-order valence-electron chi connectivity index (χ4n) is 4.74. The number of hydrogen-bond donors (Lipinski definition) is 1. The van der Waals surface area contributed by atoms with Crippen LogP contribution in [0.1, 0.15) is 72.7 Å². The van der Waals surface area contributed by atoms with Crippen LogP contribution in [0.2, 0.25) is 0 Å². The lowest BCUT2D eigenvalue weighted by Gasteiger charge is -2.30. The zero-order valence-corrected chi connectivity index (χ0v) is 16.6. The fraction of sp³-hybridized carbons (Fsp3) is 0.619. The van der Waals surface area contributed by atoms with Crippen molar-refractivity contribution in [2.75, 3.05) is 6.61 Å². The molecule has 154 valence electrons. The predicted octanol–water partition coefficient (Wildman–Crippen LogP) is 2.01. The van der Waals surface area contributed by atoms with Crippen molar-refractivity contribution in [1.29, 1.82) is 0 Å². The van der Waals surface area contributed by atoms with Crippen molar-refractivity contribution in [3.8, 4) is 5.88 Å². The number of ether oxygens (including phenoxy) is 1. The molecule has 1 amide bonds. The van der Waals surface area contributed by atoms with E-state index in [-0.39, 0.29) is 23.6 Å². The number of fused-ring (bicyclic) bond motifs is 2. The first kappa shape index (κ1) is 18.4. The molecule has 0 unspecified atom stereocenters. The Kier molecular flexibility index (Phi) is 4.85. The predicted molar refractivity (Wildman–Crippen MR) is 106 cm³/mol. The van der Waals surface area contributed by atoms with E-state index in [2.05, 4.69) is 10.4 Å². The second-order valence-corrected chi connectivity index (χ2v) is 8.38. The molecule has 1 N–H and O–H groups in total. The lowest BCUT2D eigenvalue weighted by Crippen LogP contribution is -2.40. The van der Waals surface area contributed by atoms with Gasteiger partial charge in [0.15, 0.2) is 5.69 Å². The molecule has 1 fully saturated rings. The van der Waals surface area contributed by atoms with Gasteiger partial charge in [0.25, 0.3) is 11.5 Å². The van der Waals surface area contributed by atoms with E-state index in [1.165, 1.54) is 0 Å². The van der Waals surface area contributed by atoms with Gasteiger partial charge in [0.1, 0.15) is 0 Å². The summed E-state index contributed by atoms with van der Waals surface area (Å²) in [6.07, 6.45) is 8.53. The Hall–Kier alpha value is -2.64. The van der Waals surface area contributed by atoms with Crippen LogP contribution in [0.4, 0.5) is 0 Å². The van der Waals surface area contributed by atoms with Crippen LogP contribution in [0.25, 0.3) is 0 Å². The molecule has 3 heterocycles. The molecular formula is C21H27N5O3. The summed E-state index contributed by atoms with van der Waals surface area (Å²) in [5.41, 5.74) is 2.65. The standard InChI is InChI=1S/C21H27N5O3/c27-19-12-14-4-1-2-5-17(14)24-26(19)16-8-6-15(7-9-16)22-21(28)18-13-20-25(23-18)10-3-11-29-20/h12-13,15-16H,1-11H2,(H,22,28). The highest BCUT2D eigenvalue weighted by atomic mass is 16.5. The maximum Gasteiger partial charge on any atom is 0.272 e. The number of nitrogens with one attached hydrogen (secondary N) is 1. The number of carbonyl (C=O) groups excluding carboxylic acids is 1. The van der Waals surface area contributed by atoms with Crippen LogP contribution in [0.15, 0.2) is 16.9 Å². The average molecular weight is 397 g/mol. The zero-order valence-electron chi connectivity index (χ0n) is 16.6. The molecule has 1 aliphatic heterocycles. The molecule has 0 radical (unpaired) electrons. The van der Waals surface area contributed by atoms with E-state index in [9.17, 15) is 9.59 Å². The molecule has 0 saturated heterocycles. The number of rotatable bonds is 3. The molecule has 29 heavy (non-hydrogen) atoms. The maximum atomic E-state index is 12.6. The average Bonchev–Trinajstić information content (AvgIpc) is 3.18. The molecule has 2 aromatic rings. The van der Waals surface area contributed by atoms with Crippen LogP contribution in [-0.2, 0) is 19.4 Å². The van der Waals surface area contributed by atoms with Crippen LogP contribution in [0.3, 0.4) is 0 Å². The molecule has 0 bridgehead atoms. The third-order valence-corrected chi connectivity index (χ3v) is 6.35. The van der Waals surface area contributed by atoms with Gasteiger partial charge in [-0.05, 0) is 56.9 Å². The van der Waals surface area contributed by atoms with Crippen LogP contribution in [-0.4, -0.2) is 38.1 Å². The molecule has 0 aromatic carbocycles. The topological polar surface area (TPSA) is 91.0 Å². The Balaban J connectivity index is 1.21. The Labute approximate surface area is 169 Å². The summed E-state index contributed by atoms with van der Waals surface area (Å²) in [6, 6.07) is 3.73. The Bertz CT molecular complexity index is 948. The summed E-state index contributed by atoms with van der Waals surface area (Å²) < 4.78 is 8.99. The summed E-state index contributed by atoms with van der Waals surface area (Å²) in [5, 5.41) is 12.2. The first-order valence-corrected chi connectivity index (χ1v) is 10.8. The minimum Gasteiger partial charge on any atom is -0.478 e. The van der Waals surface area contributed by atoms with Crippen LogP contribution in [0, 0.1) is 0 Å². The van der Waals surface area contributed by atoms with E-state index in [1.807, 2.05) is 0 Å².